The molecule has 3 aromatic rings. The van der Waals surface area contributed by atoms with Crippen LogP contribution in [0, 0.1) is 0 Å². The van der Waals surface area contributed by atoms with Crippen molar-refractivity contribution in [3.63, 3.8) is 0 Å². The summed E-state index contributed by atoms with van der Waals surface area (Å²) >= 11 is 7.02. The fourth-order valence-electron chi connectivity index (χ4n) is 3.90. The van der Waals surface area contributed by atoms with Crippen molar-refractivity contribution in [3.05, 3.63) is 64.3 Å². The van der Waals surface area contributed by atoms with Gasteiger partial charge in [0, 0.05) is 18.0 Å². The zero-order valence-electron chi connectivity index (χ0n) is 17.5. The topological polar surface area (TPSA) is 67.3 Å². The first-order valence-corrected chi connectivity index (χ1v) is 11.2. The molecule has 1 aromatic carbocycles. The number of benzene rings is 1. The molecule has 4 rings (SSSR count). The van der Waals surface area contributed by atoms with E-state index in [4.69, 9.17) is 16.4 Å². The number of carbonyl (C=O) groups excluding carboxylic acids is 1. The van der Waals surface area contributed by atoms with Crippen molar-refractivity contribution in [3.8, 4) is 0 Å². The molecular weight excluding hydrogens is 477 g/mol. The Balaban J connectivity index is 1.49. The minimum absolute atomic E-state index is 0.0418. The van der Waals surface area contributed by atoms with Crippen molar-refractivity contribution in [1.82, 2.24) is 15.4 Å². The molecule has 2 aromatic heterocycles. The third kappa shape index (κ3) is 5.45. The number of hydroxylamine groups is 1. The molecule has 0 bridgehead atoms. The second-order valence-corrected chi connectivity index (χ2v) is 9.29. The standard InChI is InChI=1S/C22H20ClF3N4O2S/c1-12-8-14(29-32-20(31)13-6-4-3-5-7-13)9-17(12)30(2)18-16-10-15(11-22(24,25)26)33-19(16)28-21(23)27-18/h3-7,10,14,17,29H,1,8-9,11H2,2H3/t14-,17-/m0/s1. The molecule has 0 radical (unpaired) electrons. The molecule has 11 heteroatoms. The number of likely N-dealkylation sites (N-methyl/N-ethyl adjacent to an activating group) is 1. The summed E-state index contributed by atoms with van der Waals surface area (Å²) in [7, 11) is 1.79. The van der Waals surface area contributed by atoms with Gasteiger partial charge in [-0.3, -0.25) is 0 Å². The van der Waals surface area contributed by atoms with Crippen LogP contribution in [-0.4, -0.2) is 41.2 Å². The first-order chi connectivity index (χ1) is 15.6. The summed E-state index contributed by atoms with van der Waals surface area (Å²) in [6, 6.07) is 9.73. The lowest BCUT2D eigenvalue weighted by Crippen LogP contribution is -2.34. The maximum atomic E-state index is 12.9. The van der Waals surface area contributed by atoms with Crippen LogP contribution < -0.4 is 10.4 Å². The Hall–Kier alpha value is -2.69. The second-order valence-electron chi connectivity index (χ2n) is 7.83. The lowest BCUT2D eigenvalue weighted by atomic mass is 10.1. The summed E-state index contributed by atoms with van der Waals surface area (Å²) in [5, 5.41) is 0.464. The number of carbonyl (C=O) groups is 1. The largest absolute Gasteiger partial charge is 0.393 e. The highest BCUT2D eigenvalue weighted by molar-refractivity contribution is 7.18. The van der Waals surface area contributed by atoms with Crippen molar-refractivity contribution >= 4 is 44.9 Å². The number of halogens is 4. The summed E-state index contributed by atoms with van der Waals surface area (Å²) in [5.74, 6) is -0.0551. The Bertz CT molecular complexity index is 1190. The molecule has 33 heavy (non-hydrogen) atoms. The summed E-state index contributed by atoms with van der Waals surface area (Å²) in [6.07, 6.45) is -4.24. The van der Waals surface area contributed by atoms with Crippen LogP contribution in [0.1, 0.15) is 28.1 Å². The van der Waals surface area contributed by atoms with E-state index >= 15 is 0 Å². The van der Waals surface area contributed by atoms with Gasteiger partial charge in [-0.15, -0.1) is 16.8 Å². The van der Waals surface area contributed by atoms with E-state index in [1.165, 1.54) is 6.07 Å². The Kier molecular flexibility index (Phi) is 6.60. The number of rotatable bonds is 6. The first kappa shape index (κ1) is 23.5. The number of thiophene rings is 1. The van der Waals surface area contributed by atoms with Crippen molar-refractivity contribution in [2.24, 2.45) is 0 Å². The van der Waals surface area contributed by atoms with Gasteiger partial charge in [-0.2, -0.15) is 18.2 Å². The monoisotopic (exact) mass is 496 g/mol. The lowest BCUT2D eigenvalue weighted by molar-refractivity contribution is -0.126. The fourth-order valence-corrected chi connectivity index (χ4v) is 5.16. The molecule has 0 amide bonds. The number of aromatic nitrogens is 2. The summed E-state index contributed by atoms with van der Waals surface area (Å²) in [4.78, 5) is 28.2. The molecule has 2 atom stereocenters. The number of nitrogens with zero attached hydrogens (tertiary/aromatic N) is 3. The van der Waals surface area contributed by atoms with Crippen LogP contribution in [0.3, 0.4) is 0 Å². The third-order valence-electron chi connectivity index (χ3n) is 5.39. The fraction of sp³-hybridized carbons (Fsp3) is 0.318. The van der Waals surface area contributed by atoms with E-state index < -0.39 is 18.6 Å². The maximum Gasteiger partial charge on any atom is 0.393 e. The van der Waals surface area contributed by atoms with Crippen LogP contribution in [0.25, 0.3) is 10.2 Å². The molecule has 0 aliphatic heterocycles. The molecule has 0 spiro atoms. The van der Waals surface area contributed by atoms with E-state index in [-0.39, 0.29) is 22.2 Å². The SMILES string of the molecule is C=C1C[C@H](NOC(=O)c2ccccc2)C[C@@H]1N(C)c1nc(Cl)nc2sc(CC(F)(F)F)cc12. The smallest absolute Gasteiger partial charge is 0.366 e. The Morgan fingerprint density at radius 3 is 2.76 bits per heavy atom. The summed E-state index contributed by atoms with van der Waals surface area (Å²) in [5.41, 5.74) is 4.11. The van der Waals surface area contributed by atoms with Gasteiger partial charge in [-0.05, 0) is 42.6 Å². The van der Waals surface area contributed by atoms with Gasteiger partial charge in [-0.1, -0.05) is 30.4 Å². The van der Waals surface area contributed by atoms with E-state index in [9.17, 15) is 18.0 Å². The van der Waals surface area contributed by atoms with Gasteiger partial charge in [0.1, 0.15) is 10.6 Å². The lowest BCUT2D eigenvalue weighted by Gasteiger charge is -2.27. The second kappa shape index (κ2) is 9.28. The number of fused-ring (bicyclic) bond motifs is 1. The predicted octanol–water partition coefficient (Wildman–Crippen LogP) is 5.33. The number of anilines is 1. The van der Waals surface area contributed by atoms with Gasteiger partial charge in [0.2, 0.25) is 5.28 Å². The number of hydrogen-bond donors (Lipinski definition) is 1. The van der Waals surface area contributed by atoms with Crippen molar-refractivity contribution < 1.29 is 22.8 Å². The van der Waals surface area contributed by atoms with Crippen molar-refractivity contribution in [2.75, 3.05) is 11.9 Å². The summed E-state index contributed by atoms with van der Waals surface area (Å²) in [6.45, 7) is 4.13. The van der Waals surface area contributed by atoms with Gasteiger partial charge in [0.15, 0.2) is 0 Å². The molecule has 6 nitrogen and oxygen atoms in total. The molecule has 0 saturated heterocycles. The van der Waals surface area contributed by atoms with Crippen LogP contribution in [0.5, 0.6) is 0 Å². The molecule has 2 heterocycles. The minimum Gasteiger partial charge on any atom is -0.366 e. The molecule has 1 aliphatic carbocycles. The maximum absolute atomic E-state index is 12.9. The third-order valence-corrected chi connectivity index (χ3v) is 6.59. The number of nitrogens with one attached hydrogen (secondary N) is 1. The van der Waals surface area contributed by atoms with E-state index in [0.717, 1.165) is 16.9 Å². The van der Waals surface area contributed by atoms with E-state index in [1.807, 2.05) is 11.0 Å². The predicted molar refractivity (Wildman–Crippen MR) is 122 cm³/mol. The Morgan fingerprint density at radius 1 is 1.33 bits per heavy atom. The first-order valence-electron chi connectivity index (χ1n) is 10.1. The van der Waals surface area contributed by atoms with E-state index in [0.29, 0.717) is 34.4 Å². The van der Waals surface area contributed by atoms with Crippen LogP contribution in [-0.2, 0) is 11.3 Å². The average Bonchev–Trinajstić information content (AvgIpc) is 3.32. The van der Waals surface area contributed by atoms with Gasteiger partial charge in [0.25, 0.3) is 0 Å². The summed E-state index contributed by atoms with van der Waals surface area (Å²) < 4.78 is 38.6. The minimum atomic E-state index is -4.32. The highest BCUT2D eigenvalue weighted by atomic mass is 35.5. The molecule has 1 aliphatic rings. The Labute approximate surface area is 197 Å². The molecule has 174 valence electrons. The van der Waals surface area contributed by atoms with Crippen LogP contribution in [0.2, 0.25) is 5.28 Å². The van der Waals surface area contributed by atoms with Gasteiger partial charge < -0.3 is 9.74 Å². The van der Waals surface area contributed by atoms with Crippen LogP contribution in [0.15, 0.2) is 48.6 Å². The molecule has 1 fully saturated rings. The quantitative estimate of drug-likeness (QED) is 0.282. The van der Waals surface area contributed by atoms with Gasteiger partial charge >= 0.3 is 12.1 Å². The highest BCUT2D eigenvalue weighted by Crippen LogP contribution is 2.38. The molecule has 1 N–H and O–H groups in total. The zero-order valence-corrected chi connectivity index (χ0v) is 19.1. The normalized spacial score (nSPS) is 18.6. The molecule has 0 unspecified atom stereocenters. The number of hydrogen-bond acceptors (Lipinski definition) is 7. The van der Waals surface area contributed by atoms with Crippen LogP contribution >= 0.6 is 22.9 Å². The van der Waals surface area contributed by atoms with Crippen LogP contribution in [0.4, 0.5) is 19.0 Å². The highest BCUT2D eigenvalue weighted by Gasteiger charge is 2.34. The Morgan fingerprint density at radius 2 is 2.06 bits per heavy atom. The van der Waals surface area contributed by atoms with E-state index in [2.05, 4.69) is 22.0 Å². The zero-order chi connectivity index (χ0) is 23.8. The molecule has 1 saturated carbocycles. The van der Waals surface area contributed by atoms with Crippen molar-refractivity contribution in [1.29, 1.82) is 0 Å². The van der Waals surface area contributed by atoms with Gasteiger partial charge in [0.05, 0.1) is 23.4 Å². The van der Waals surface area contributed by atoms with Crippen molar-refractivity contribution in [2.45, 2.75) is 37.5 Å². The number of alkyl halides is 3. The molecular formula is C22H20ClF3N4O2S. The van der Waals surface area contributed by atoms with Gasteiger partial charge in [-0.25, -0.2) is 9.78 Å². The van der Waals surface area contributed by atoms with E-state index in [1.54, 1.807) is 31.3 Å². The average molecular weight is 497 g/mol.